The molecule has 1 aliphatic rings. The predicted molar refractivity (Wildman–Crippen MR) is 146 cm³/mol. The zero-order valence-electron chi connectivity index (χ0n) is 21.9. The first kappa shape index (κ1) is 27.3. The molecule has 37 heavy (non-hydrogen) atoms. The summed E-state index contributed by atoms with van der Waals surface area (Å²) in [5.41, 5.74) is 2.95. The van der Waals surface area contributed by atoms with Crippen molar-refractivity contribution >= 4 is 7.85 Å². The number of hydrogen-bond acceptors (Lipinski definition) is 2. The Morgan fingerprint density at radius 1 is 0.838 bits per heavy atom. The number of rotatable bonds is 11. The first-order valence-electron chi connectivity index (χ1n) is 13.6. The van der Waals surface area contributed by atoms with Crippen molar-refractivity contribution in [3.05, 3.63) is 77.6 Å². The molecule has 1 saturated heterocycles. The molecule has 0 aliphatic carbocycles. The molecule has 0 spiro atoms. The monoisotopic (exact) mass is 508 g/mol. The van der Waals surface area contributed by atoms with Crippen LogP contribution in [0.5, 0.6) is 5.75 Å². The van der Waals surface area contributed by atoms with Crippen LogP contribution in [0, 0.1) is 17.5 Å². The summed E-state index contributed by atoms with van der Waals surface area (Å²) >= 11 is 0. The zero-order valence-corrected chi connectivity index (χ0v) is 21.9. The summed E-state index contributed by atoms with van der Waals surface area (Å²) in [7, 11) is 1.72. The van der Waals surface area contributed by atoms with Gasteiger partial charge in [0.05, 0.1) is 19.2 Å². The molecular formula is C31H36BF3O2. The van der Waals surface area contributed by atoms with E-state index in [0.29, 0.717) is 23.8 Å². The van der Waals surface area contributed by atoms with Crippen LogP contribution in [0.2, 0.25) is 0 Å². The number of benzene rings is 3. The van der Waals surface area contributed by atoms with Crippen LogP contribution in [-0.4, -0.2) is 27.1 Å². The molecule has 3 aromatic rings. The highest BCUT2D eigenvalue weighted by Crippen LogP contribution is 2.35. The number of unbranched alkanes of at least 4 members (excludes halogenated alkanes) is 4. The maximum atomic E-state index is 15.1. The average molecular weight is 508 g/mol. The first-order chi connectivity index (χ1) is 18.0. The van der Waals surface area contributed by atoms with Gasteiger partial charge in [-0.2, -0.15) is 4.39 Å². The number of halogens is 3. The minimum atomic E-state index is -0.994. The summed E-state index contributed by atoms with van der Waals surface area (Å²) in [6, 6.07) is 15.3. The summed E-state index contributed by atoms with van der Waals surface area (Å²) in [4.78, 5) is 0. The molecule has 3 aromatic carbocycles. The summed E-state index contributed by atoms with van der Waals surface area (Å²) in [6.45, 7) is 3.05. The third-order valence-electron chi connectivity index (χ3n) is 7.32. The predicted octanol–water partition coefficient (Wildman–Crippen LogP) is 8.03. The maximum Gasteiger partial charge on any atom is 0.201 e. The van der Waals surface area contributed by atoms with Gasteiger partial charge in [-0.15, -0.1) is 0 Å². The van der Waals surface area contributed by atoms with Gasteiger partial charge in [0.15, 0.2) is 19.4 Å². The fourth-order valence-corrected chi connectivity index (χ4v) is 5.16. The van der Waals surface area contributed by atoms with Gasteiger partial charge in [0, 0.05) is 11.5 Å². The van der Waals surface area contributed by atoms with E-state index in [-0.39, 0.29) is 29.6 Å². The lowest BCUT2D eigenvalue weighted by Gasteiger charge is -2.29. The van der Waals surface area contributed by atoms with E-state index < -0.39 is 11.6 Å². The molecule has 0 amide bonds. The topological polar surface area (TPSA) is 18.5 Å². The summed E-state index contributed by atoms with van der Waals surface area (Å²) in [5.74, 6) is -2.19. The van der Waals surface area contributed by atoms with Crippen molar-refractivity contribution < 1.29 is 22.6 Å². The molecule has 4 rings (SSSR count). The molecule has 2 nitrogen and oxygen atoms in total. The van der Waals surface area contributed by atoms with Gasteiger partial charge in [0.2, 0.25) is 5.82 Å². The lowest BCUT2D eigenvalue weighted by atomic mass is 9.88. The average Bonchev–Trinajstić information content (AvgIpc) is 2.92. The smallest absolute Gasteiger partial charge is 0.201 e. The quantitative estimate of drug-likeness (QED) is 0.193. The minimum absolute atomic E-state index is 0.0744. The summed E-state index contributed by atoms with van der Waals surface area (Å²) in [5, 5.41) is 0. The number of ether oxygens (including phenoxy) is 2. The van der Waals surface area contributed by atoms with Crippen molar-refractivity contribution in [2.45, 2.75) is 70.3 Å². The molecule has 2 unspecified atom stereocenters. The molecule has 1 fully saturated rings. The first-order valence-corrected chi connectivity index (χ1v) is 13.6. The van der Waals surface area contributed by atoms with E-state index in [2.05, 4.69) is 6.92 Å². The SMILES string of the molecule is BCOc1ccc(-c2ccc(-c3ccc(C4CCC(CCCCCCC)OC4)c(F)c3)cc2)c(F)c1F. The van der Waals surface area contributed by atoms with Crippen molar-refractivity contribution in [3.8, 4) is 28.0 Å². The van der Waals surface area contributed by atoms with E-state index in [9.17, 15) is 8.78 Å². The van der Waals surface area contributed by atoms with E-state index in [1.807, 2.05) is 12.1 Å². The lowest BCUT2D eigenvalue weighted by molar-refractivity contribution is -0.00273. The molecule has 6 heteroatoms. The Morgan fingerprint density at radius 2 is 1.57 bits per heavy atom. The van der Waals surface area contributed by atoms with E-state index in [1.165, 1.54) is 44.2 Å². The standard InChI is InChI=1S/C31H36BF3O2/c1-2-3-4-5-6-7-25-14-12-24(19-36-25)26-15-13-23(18-28(26)33)21-8-10-22(11-9-21)27-16-17-29(37-20-32)31(35)30(27)34/h8-11,13,15-18,24-25H,2-7,12,14,19-20,32H2,1H3. The molecule has 2 atom stereocenters. The Hall–Kier alpha value is -2.73. The van der Waals surface area contributed by atoms with Gasteiger partial charge < -0.3 is 9.47 Å². The molecular weight excluding hydrogens is 472 g/mol. The van der Waals surface area contributed by atoms with Gasteiger partial charge in [0.1, 0.15) is 5.82 Å². The van der Waals surface area contributed by atoms with Gasteiger partial charge in [-0.1, -0.05) is 75.4 Å². The van der Waals surface area contributed by atoms with Crippen molar-refractivity contribution in [2.24, 2.45) is 0 Å². The molecule has 0 saturated carbocycles. The van der Waals surface area contributed by atoms with Crippen LogP contribution in [0.1, 0.15) is 69.8 Å². The molecule has 0 radical (unpaired) electrons. The Kier molecular flexibility index (Phi) is 9.73. The highest BCUT2D eigenvalue weighted by atomic mass is 19.2. The van der Waals surface area contributed by atoms with E-state index in [1.54, 1.807) is 38.2 Å². The van der Waals surface area contributed by atoms with Gasteiger partial charge in [-0.25, -0.2) is 8.78 Å². The van der Waals surface area contributed by atoms with Gasteiger partial charge >= 0.3 is 0 Å². The van der Waals surface area contributed by atoms with Crippen LogP contribution in [0.25, 0.3) is 22.3 Å². The van der Waals surface area contributed by atoms with Crippen LogP contribution >= 0.6 is 0 Å². The van der Waals surface area contributed by atoms with E-state index >= 15 is 4.39 Å². The van der Waals surface area contributed by atoms with E-state index in [4.69, 9.17) is 9.47 Å². The van der Waals surface area contributed by atoms with Crippen LogP contribution in [0.15, 0.2) is 54.6 Å². The Balaban J connectivity index is 1.38. The van der Waals surface area contributed by atoms with Crippen molar-refractivity contribution in [3.63, 3.8) is 0 Å². The zero-order chi connectivity index (χ0) is 26.2. The highest BCUT2D eigenvalue weighted by Gasteiger charge is 2.25. The maximum absolute atomic E-state index is 15.1. The highest BCUT2D eigenvalue weighted by molar-refractivity contribution is 6.08. The third kappa shape index (κ3) is 6.78. The molecule has 0 bridgehead atoms. The van der Waals surface area contributed by atoms with Gasteiger partial charge in [0.25, 0.3) is 0 Å². The molecule has 0 N–H and O–H groups in total. The third-order valence-corrected chi connectivity index (χ3v) is 7.32. The fraction of sp³-hybridized carbons (Fsp3) is 0.419. The molecule has 196 valence electrons. The Morgan fingerprint density at radius 3 is 2.24 bits per heavy atom. The van der Waals surface area contributed by atoms with E-state index in [0.717, 1.165) is 30.4 Å². The van der Waals surface area contributed by atoms with Crippen LogP contribution < -0.4 is 4.74 Å². The Bertz CT molecular complexity index is 1160. The molecule has 0 aromatic heterocycles. The second kappa shape index (κ2) is 13.2. The van der Waals surface area contributed by atoms with Gasteiger partial charge in [-0.3, -0.25) is 0 Å². The van der Waals surface area contributed by atoms with Crippen molar-refractivity contribution in [1.82, 2.24) is 0 Å². The molecule has 1 heterocycles. The summed E-state index contributed by atoms with van der Waals surface area (Å²) < 4.78 is 55.2. The van der Waals surface area contributed by atoms with Crippen LogP contribution in [0.4, 0.5) is 13.2 Å². The lowest BCUT2D eigenvalue weighted by Crippen LogP contribution is -2.25. The largest absolute Gasteiger partial charge is 0.500 e. The minimum Gasteiger partial charge on any atom is -0.500 e. The second-order valence-electron chi connectivity index (χ2n) is 9.92. The molecule has 1 aliphatic heterocycles. The van der Waals surface area contributed by atoms with Crippen molar-refractivity contribution in [1.29, 1.82) is 0 Å². The summed E-state index contributed by atoms with van der Waals surface area (Å²) in [6.07, 6.45) is 9.63. The normalized spacial score (nSPS) is 17.6. The van der Waals surface area contributed by atoms with Crippen LogP contribution in [0.3, 0.4) is 0 Å². The number of hydrogen-bond donors (Lipinski definition) is 0. The fourth-order valence-electron chi connectivity index (χ4n) is 5.16. The Labute approximate surface area is 219 Å². The van der Waals surface area contributed by atoms with Gasteiger partial charge in [-0.05, 0) is 59.7 Å². The van der Waals surface area contributed by atoms with Crippen molar-refractivity contribution in [2.75, 3.05) is 13.1 Å². The second-order valence-corrected chi connectivity index (χ2v) is 9.92. The van der Waals surface area contributed by atoms with Crippen LogP contribution in [-0.2, 0) is 4.74 Å².